The van der Waals surface area contributed by atoms with Crippen LogP contribution in [0.4, 0.5) is 0 Å². The zero-order chi connectivity index (χ0) is 15.0. The van der Waals surface area contributed by atoms with Crippen LogP contribution < -0.4 is 5.73 Å². The van der Waals surface area contributed by atoms with E-state index in [4.69, 9.17) is 11.0 Å². The molecule has 0 saturated carbocycles. The van der Waals surface area contributed by atoms with Gasteiger partial charge in [0.2, 0.25) is 12.3 Å². The number of nitriles is 1. The molecule has 0 atom stereocenters. The Bertz CT molecular complexity index is 415. The minimum atomic E-state index is -0.283. The third-order valence-electron chi connectivity index (χ3n) is 3.38. The first-order valence-electron chi connectivity index (χ1n) is 6.41. The van der Waals surface area contributed by atoms with Gasteiger partial charge < -0.3 is 10.8 Å². The molecular weight excluding hydrogens is 242 g/mol. The van der Waals surface area contributed by atoms with Crippen LogP contribution in [0.2, 0.25) is 0 Å². The molecule has 0 aromatic carbocycles. The number of allylic oxidation sites excluding steroid dienone is 2. The van der Waals surface area contributed by atoms with Gasteiger partial charge in [-0.15, -0.1) is 0 Å². The fourth-order valence-corrected chi connectivity index (χ4v) is 1.61. The van der Waals surface area contributed by atoms with Crippen LogP contribution in [0.15, 0.2) is 22.7 Å². The topological polar surface area (TPSA) is 90.3 Å². The summed E-state index contributed by atoms with van der Waals surface area (Å²) in [6.07, 6.45) is 2.40. The van der Waals surface area contributed by atoms with Crippen molar-refractivity contribution in [1.82, 2.24) is 4.90 Å². The van der Waals surface area contributed by atoms with E-state index in [1.807, 2.05) is 19.9 Å². The fourth-order valence-electron chi connectivity index (χ4n) is 1.61. The molecule has 1 amide bonds. The maximum Gasteiger partial charge on any atom is 0.217 e. The van der Waals surface area contributed by atoms with Crippen LogP contribution in [0.3, 0.4) is 0 Å². The predicted octanol–water partition coefficient (Wildman–Crippen LogP) is 2.43. The van der Waals surface area contributed by atoms with Crippen molar-refractivity contribution in [2.75, 3.05) is 6.54 Å². The normalized spacial score (nSPS) is 13.5. The molecule has 106 valence electrons. The van der Waals surface area contributed by atoms with Gasteiger partial charge in [-0.2, -0.15) is 5.26 Å². The van der Waals surface area contributed by atoms with Crippen LogP contribution in [0.5, 0.6) is 0 Å². The van der Waals surface area contributed by atoms with Gasteiger partial charge in [0.25, 0.3) is 0 Å². The zero-order valence-corrected chi connectivity index (χ0v) is 12.1. The summed E-state index contributed by atoms with van der Waals surface area (Å²) >= 11 is 0. The number of carbonyl (C=O) groups is 1. The van der Waals surface area contributed by atoms with E-state index in [1.54, 1.807) is 13.8 Å². The molecule has 0 bridgehead atoms. The number of aliphatic hydroxyl groups excluding tert-OH is 1. The van der Waals surface area contributed by atoms with Crippen molar-refractivity contribution in [3.8, 4) is 6.07 Å². The minimum absolute atomic E-state index is 0.0668. The molecule has 3 N–H and O–H groups in total. The molecule has 0 rings (SSSR count). The first-order chi connectivity index (χ1) is 8.92. The van der Waals surface area contributed by atoms with E-state index in [9.17, 15) is 9.90 Å². The summed E-state index contributed by atoms with van der Waals surface area (Å²) in [5.74, 6) is 0.0236. The summed E-state index contributed by atoms with van der Waals surface area (Å²) in [4.78, 5) is 12.3. The average molecular weight is 265 g/mol. The Morgan fingerprint density at radius 3 is 2.32 bits per heavy atom. The number of amides is 1. The summed E-state index contributed by atoms with van der Waals surface area (Å²) in [7, 11) is 0. The lowest BCUT2D eigenvalue weighted by Crippen LogP contribution is -2.30. The van der Waals surface area contributed by atoms with Gasteiger partial charge in [-0.25, -0.2) is 0 Å². The molecule has 0 aromatic rings. The number of hydrogen-bond donors (Lipinski definition) is 2. The van der Waals surface area contributed by atoms with Crippen molar-refractivity contribution >= 4 is 6.41 Å². The Morgan fingerprint density at radius 1 is 1.42 bits per heavy atom. The smallest absolute Gasteiger partial charge is 0.217 e. The van der Waals surface area contributed by atoms with E-state index in [0.717, 1.165) is 12.8 Å². The van der Waals surface area contributed by atoms with Gasteiger partial charge in [0, 0.05) is 12.1 Å². The van der Waals surface area contributed by atoms with Crippen LogP contribution in [0.1, 0.15) is 40.5 Å². The van der Waals surface area contributed by atoms with Gasteiger partial charge in [-0.1, -0.05) is 26.7 Å². The van der Waals surface area contributed by atoms with E-state index < -0.39 is 0 Å². The number of hydrogen-bond acceptors (Lipinski definition) is 4. The van der Waals surface area contributed by atoms with Gasteiger partial charge in [0.15, 0.2) is 0 Å². The summed E-state index contributed by atoms with van der Waals surface area (Å²) in [6.45, 7) is 7.74. The quantitative estimate of drug-likeness (QED) is 0.320. The molecule has 0 radical (unpaired) electrons. The summed E-state index contributed by atoms with van der Waals surface area (Å²) in [6, 6.07) is 1.97. The Morgan fingerprint density at radius 2 is 1.95 bits per heavy atom. The van der Waals surface area contributed by atoms with E-state index in [-0.39, 0.29) is 11.6 Å². The highest BCUT2D eigenvalue weighted by Gasteiger charge is 2.17. The second-order valence-corrected chi connectivity index (χ2v) is 4.54. The van der Waals surface area contributed by atoms with E-state index in [0.29, 0.717) is 30.0 Å². The number of carbonyl (C=O) groups excluding carboxylic acids is 1. The largest absolute Gasteiger partial charge is 0.493 e. The molecule has 0 aliphatic rings. The number of nitrogens with two attached hydrogens (primary N) is 1. The third-order valence-corrected chi connectivity index (χ3v) is 3.38. The average Bonchev–Trinajstić information content (AvgIpc) is 2.45. The molecule has 0 spiro atoms. The lowest BCUT2D eigenvalue weighted by molar-refractivity contribution is -0.118. The van der Waals surface area contributed by atoms with Gasteiger partial charge in [-0.3, -0.25) is 9.69 Å². The van der Waals surface area contributed by atoms with Crippen LogP contribution >= 0.6 is 0 Å². The van der Waals surface area contributed by atoms with Crippen molar-refractivity contribution in [2.24, 2.45) is 11.7 Å². The number of aliphatic hydroxyl groups is 1. The fraction of sp³-hybridized carbons (Fsp3) is 0.571. The highest BCUT2D eigenvalue weighted by molar-refractivity contribution is 5.52. The third kappa shape index (κ3) is 4.66. The van der Waals surface area contributed by atoms with E-state index >= 15 is 0 Å². The molecule has 5 heteroatoms. The van der Waals surface area contributed by atoms with Crippen molar-refractivity contribution in [3.05, 3.63) is 22.7 Å². The lowest BCUT2D eigenvalue weighted by atomic mass is 10.0. The van der Waals surface area contributed by atoms with Gasteiger partial charge in [-0.05, 0) is 25.3 Å². The molecule has 0 fully saturated rings. The van der Waals surface area contributed by atoms with Crippen LogP contribution in [0, 0.1) is 17.2 Å². The van der Waals surface area contributed by atoms with Crippen molar-refractivity contribution in [1.29, 1.82) is 5.26 Å². The molecule has 0 heterocycles. The molecule has 5 nitrogen and oxygen atoms in total. The first kappa shape index (κ1) is 17.0. The molecule has 0 aromatic heterocycles. The van der Waals surface area contributed by atoms with Crippen molar-refractivity contribution in [3.63, 3.8) is 0 Å². The maximum atomic E-state index is 11.1. The Balaban J connectivity index is 5.28. The zero-order valence-electron chi connectivity index (χ0n) is 12.1. The molecular formula is C14H23N3O2. The molecule has 0 saturated heterocycles. The Labute approximate surface area is 115 Å². The Kier molecular flexibility index (Phi) is 7.35. The summed E-state index contributed by atoms with van der Waals surface area (Å²) in [5.41, 5.74) is 6.76. The van der Waals surface area contributed by atoms with Gasteiger partial charge in [0.05, 0.1) is 11.8 Å². The second kappa shape index (κ2) is 8.20. The monoisotopic (exact) mass is 265 g/mol. The standard InChI is InChI=1S/C14H23N3O2/c1-5-12(6-2)8-17(9-18)14(19)13(16)11(4)10(3)7-15/h9,12,19H,5-6,8,16H2,1-4H3/b11-10+,14-13-. The molecule has 19 heavy (non-hydrogen) atoms. The maximum absolute atomic E-state index is 11.1. The summed E-state index contributed by atoms with van der Waals surface area (Å²) in [5, 5.41) is 18.8. The SMILES string of the molecule is CCC(CC)CN(C=O)/C(O)=C(N)\C(C)=C(/C)C#N. The summed E-state index contributed by atoms with van der Waals surface area (Å²) < 4.78 is 0. The predicted molar refractivity (Wildman–Crippen MR) is 74.7 cm³/mol. The minimum Gasteiger partial charge on any atom is -0.493 e. The van der Waals surface area contributed by atoms with Crippen LogP contribution in [0.25, 0.3) is 0 Å². The highest BCUT2D eigenvalue weighted by Crippen LogP contribution is 2.17. The second-order valence-electron chi connectivity index (χ2n) is 4.54. The molecule has 0 unspecified atom stereocenters. The lowest BCUT2D eigenvalue weighted by Gasteiger charge is -2.23. The molecule has 0 aliphatic carbocycles. The van der Waals surface area contributed by atoms with Crippen molar-refractivity contribution < 1.29 is 9.90 Å². The Hall–Kier alpha value is -1.96. The number of rotatable bonds is 7. The number of nitrogens with zero attached hydrogens (tertiary/aromatic N) is 2. The van der Waals surface area contributed by atoms with Crippen LogP contribution in [-0.2, 0) is 4.79 Å². The highest BCUT2D eigenvalue weighted by atomic mass is 16.3. The van der Waals surface area contributed by atoms with E-state index in [2.05, 4.69) is 0 Å². The van der Waals surface area contributed by atoms with Gasteiger partial charge >= 0.3 is 0 Å². The van der Waals surface area contributed by atoms with Gasteiger partial charge in [0.1, 0.15) is 0 Å². The van der Waals surface area contributed by atoms with Crippen LogP contribution in [-0.4, -0.2) is 23.0 Å². The first-order valence-corrected chi connectivity index (χ1v) is 6.41. The van der Waals surface area contributed by atoms with Crippen molar-refractivity contribution in [2.45, 2.75) is 40.5 Å². The molecule has 0 aliphatic heterocycles. The van der Waals surface area contributed by atoms with E-state index in [1.165, 1.54) is 4.90 Å².